The van der Waals surface area contributed by atoms with Crippen molar-refractivity contribution in [3.8, 4) is 18.2 Å². The monoisotopic (exact) mass is 1400 g/mol. The van der Waals surface area contributed by atoms with Crippen molar-refractivity contribution < 1.29 is 33.0 Å². The maximum Gasteiger partial charge on any atom is 0.410 e. The molecule has 7 aromatic rings. The number of anilines is 2. The molecule has 0 radical (unpaired) electrons. The first kappa shape index (κ1) is 72.0. The van der Waals surface area contributed by atoms with Crippen LogP contribution in [0.1, 0.15) is 90.1 Å². The molecule has 3 amide bonds. The number of amides is 3. The van der Waals surface area contributed by atoms with Gasteiger partial charge in [-0.05, 0) is 152 Å². The third kappa shape index (κ3) is 18.3. The fraction of sp³-hybridized carbons (Fsp3) is 0.473. The molecular weight excluding hydrogens is 1310 g/mol. The molecule has 6 saturated heterocycles. The van der Waals surface area contributed by atoms with E-state index < -0.39 is 16.8 Å². The summed E-state index contributed by atoms with van der Waals surface area (Å²) in [6.07, 6.45) is 4.37. The number of piperazine rings is 6. The topological polar surface area (TPSA) is 239 Å². The summed E-state index contributed by atoms with van der Waals surface area (Å²) in [5.74, 6) is -0.345. The van der Waals surface area contributed by atoms with E-state index in [1.807, 2.05) is 133 Å². The Morgan fingerprint density at radius 2 is 0.888 bits per heavy atom. The molecular formula is C74H90BrFN16O6. The van der Waals surface area contributed by atoms with Crippen LogP contribution >= 0.6 is 15.9 Å². The average molecular weight is 1400 g/mol. The van der Waals surface area contributed by atoms with Crippen molar-refractivity contribution in [1.29, 1.82) is 15.8 Å². The molecule has 0 spiro atoms. The molecule has 0 saturated carbocycles. The van der Waals surface area contributed by atoms with Gasteiger partial charge in [-0.25, -0.2) is 18.8 Å². The molecule has 7 aliphatic rings. The molecule has 7 aliphatic heterocycles. The Bertz CT molecular complexity index is 4120. The fourth-order valence-electron chi connectivity index (χ4n) is 13.2. The maximum absolute atomic E-state index is 13.2. The Labute approximate surface area is 582 Å². The van der Waals surface area contributed by atoms with Crippen molar-refractivity contribution in [3.05, 3.63) is 148 Å². The van der Waals surface area contributed by atoms with Crippen molar-refractivity contribution in [2.75, 3.05) is 128 Å². The second kappa shape index (κ2) is 31.8. The molecule has 516 valence electrons. The number of rotatable bonds is 2. The minimum Gasteiger partial charge on any atom is -0.444 e. The summed E-state index contributed by atoms with van der Waals surface area (Å²) in [5.41, 5.74) is 6.96. The molecule has 22 nitrogen and oxygen atoms in total. The highest BCUT2D eigenvalue weighted by Gasteiger charge is 2.38. The molecule has 98 heavy (non-hydrogen) atoms. The van der Waals surface area contributed by atoms with Gasteiger partial charge in [0.25, 0.3) is 0 Å². The number of nitrogens with one attached hydrogen (secondary N) is 2. The number of carbonyl (C=O) groups is 3. The lowest BCUT2D eigenvalue weighted by atomic mass is 10.0. The van der Waals surface area contributed by atoms with Crippen LogP contribution in [0.15, 0.2) is 114 Å². The van der Waals surface area contributed by atoms with Gasteiger partial charge in [0, 0.05) is 193 Å². The summed E-state index contributed by atoms with van der Waals surface area (Å²) >= 11 is 3.51. The fourth-order valence-corrected chi connectivity index (χ4v) is 13.8. The van der Waals surface area contributed by atoms with E-state index in [0.717, 1.165) is 137 Å². The van der Waals surface area contributed by atoms with Gasteiger partial charge in [0.15, 0.2) is 0 Å². The van der Waals surface area contributed by atoms with Gasteiger partial charge in [0.1, 0.15) is 40.8 Å². The zero-order chi connectivity index (χ0) is 69.9. The number of hydrogen-bond acceptors (Lipinski definition) is 19. The number of carbonyl (C=O) groups excluding carboxylic acids is 3. The number of pyridine rings is 3. The molecule has 10 heterocycles. The molecule has 3 unspecified atom stereocenters. The highest BCUT2D eigenvalue weighted by molar-refractivity contribution is 9.10. The molecule has 24 heteroatoms. The van der Waals surface area contributed by atoms with Crippen LogP contribution in [0.3, 0.4) is 0 Å². The predicted octanol–water partition coefficient (Wildman–Crippen LogP) is 10.5. The van der Waals surface area contributed by atoms with Crippen molar-refractivity contribution in [2.24, 2.45) is 0 Å². The Kier molecular flexibility index (Phi) is 23.4. The molecule has 2 N–H and O–H groups in total. The first-order valence-electron chi connectivity index (χ1n) is 33.7. The second-order valence-electron chi connectivity index (χ2n) is 28.3. The number of nitriles is 3. The molecule has 6 fully saturated rings. The van der Waals surface area contributed by atoms with Crippen molar-refractivity contribution in [2.45, 2.75) is 110 Å². The highest BCUT2D eigenvalue weighted by atomic mass is 79.9. The summed E-state index contributed by atoms with van der Waals surface area (Å²) in [4.78, 5) is 66.9. The lowest BCUT2D eigenvalue weighted by Crippen LogP contribution is -2.63. The summed E-state index contributed by atoms with van der Waals surface area (Å²) in [5, 5.41) is 36.7. The van der Waals surface area contributed by atoms with Crippen molar-refractivity contribution in [1.82, 2.24) is 55.0 Å². The molecule has 3 aromatic heterocycles. The number of benzene rings is 4. The summed E-state index contributed by atoms with van der Waals surface area (Å²) in [6.45, 7) is 35.3. The zero-order valence-electron chi connectivity index (χ0n) is 57.7. The van der Waals surface area contributed by atoms with E-state index in [1.54, 1.807) is 35.6 Å². The third-order valence-corrected chi connectivity index (χ3v) is 18.7. The standard InChI is InChI=1S/C22H27N5O2.C17H19N5.C13H16BrNO2.C12H23N3O2.C10H5FN2/c1-22(2,3)29-21(28)27-12-10-25-9-11-26(14-17(25)15-27)19-7-6-16(13-23)20-18(19)5-4-8-24-20;18-10-13-3-4-16(15-2-1-5-20-17(13)15)22-9-8-21-7-6-19-11-14(21)12-22;1-13(2,3)17-12(16)15-7-9-5-4-6-11(14)10(9)8-15;1-12(2,3)17-11(16)15-7-6-14-5-4-13-8-10(14)9-15;11-9-4-3-7(6-12)10-8(9)2-1-5-13-10/h4-8,17H,9-12,14-15H2,1-3H3;1-5,14,19H,6-9,11-12H2;4-6H,7-8H2,1-3H3;10,13H,4-9H2,1-3H3;1-5H. The van der Waals surface area contributed by atoms with Gasteiger partial charge in [-0.15, -0.1) is 0 Å². The molecule has 0 bridgehead atoms. The Morgan fingerprint density at radius 1 is 0.480 bits per heavy atom. The number of ether oxygens (including phenoxy) is 3. The molecule has 14 rings (SSSR count). The minimum absolute atomic E-state index is 0.178. The van der Waals surface area contributed by atoms with Crippen LogP contribution in [0.2, 0.25) is 0 Å². The van der Waals surface area contributed by atoms with Gasteiger partial charge >= 0.3 is 18.3 Å². The number of nitrogens with zero attached hydrogens (tertiary/aromatic N) is 14. The van der Waals surface area contributed by atoms with E-state index >= 15 is 0 Å². The number of fused-ring (bicyclic) bond motifs is 7. The van der Waals surface area contributed by atoms with E-state index in [-0.39, 0.29) is 30.1 Å². The van der Waals surface area contributed by atoms with E-state index in [2.05, 4.69) is 90.3 Å². The smallest absolute Gasteiger partial charge is 0.410 e. The van der Waals surface area contributed by atoms with Crippen molar-refractivity contribution >= 4 is 78.3 Å². The van der Waals surface area contributed by atoms with Crippen LogP contribution < -0.4 is 20.4 Å². The minimum atomic E-state index is -0.485. The normalized spacial score (nSPS) is 19.5. The maximum atomic E-state index is 13.2. The van der Waals surface area contributed by atoms with Crippen LogP contribution in [0.5, 0.6) is 0 Å². The van der Waals surface area contributed by atoms with Gasteiger partial charge in [-0.1, -0.05) is 28.1 Å². The van der Waals surface area contributed by atoms with Gasteiger partial charge in [0.05, 0.1) is 39.8 Å². The lowest BCUT2D eigenvalue weighted by molar-refractivity contribution is 0.0000357. The van der Waals surface area contributed by atoms with E-state index in [0.29, 0.717) is 65.9 Å². The van der Waals surface area contributed by atoms with E-state index in [1.165, 1.54) is 28.9 Å². The first-order valence-corrected chi connectivity index (χ1v) is 34.5. The second-order valence-corrected chi connectivity index (χ2v) is 29.2. The quantitative estimate of drug-likeness (QED) is 0.153. The Balaban J connectivity index is 0.000000136. The Morgan fingerprint density at radius 3 is 1.36 bits per heavy atom. The molecule has 4 aromatic carbocycles. The highest BCUT2D eigenvalue weighted by Crippen LogP contribution is 2.34. The predicted molar refractivity (Wildman–Crippen MR) is 381 cm³/mol. The van der Waals surface area contributed by atoms with Crippen LogP contribution in [0.4, 0.5) is 30.1 Å². The molecule has 0 aliphatic carbocycles. The van der Waals surface area contributed by atoms with Crippen LogP contribution in [-0.4, -0.2) is 215 Å². The van der Waals surface area contributed by atoms with Gasteiger partial charge in [0.2, 0.25) is 0 Å². The summed E-state index contributed by atoms with van der Waals surface area (Å²) in [6, 6.07) is 35.5. The lowest BCUT2D eigenvalue weighted by Gasteiger charge is -2.48. The van der Waals surface area contributed by atoms with E-state index in [4.69, 9.17) is 19.5 Å². The largest absolute Gasteiger partial charge is 0.444 e. The molecule has 3 atom stereocenters. The first-order chi connectivity index (χ1) is 46.9. The van der Waals surface area contributed by atoms with Gasteiger partial charge in [-0.3, -0.25) is 34.6 Å². The average Bonchev–Trinajstić information content (AvgIpc) is 1.02. The zero-order valence-corrected chi connectivity index (χ0v) is 59.3. The van der Waals surface area contributed by atoms with E-state index in [9.17, 15) is 29.3 Å². The number of aromatic nitrogens is 3. The van der Waals surface area contributed by atoms with Gasteiger partial charge in [-0.2, -0.15) is 15.8 Å². The number of hydrogen-bond donors (Lipinski definition) is 2. The SMILES string of the molecule is CC(C)(C)OC(=O)N1CCN2CCN(c3ccc(C#N)c4ncccc34)CC2C1.CC(C)(C)OC(=O)N1CCN2CCNCC2C1.CC(C)(C)OC(=O)N1Cc2cccc(Br)c2C1.N#Cc1ccc(F)c2cccnc12.N#Cc1ccc(N2CCN3CCNCC3C2)c2cccnc12. The number of halogens is 2. The Hall–Kier alpha value is -8.80. The van der Waals surface area contributed by atoms with Gasteiger partial charge < -0.3 is 44.4 Å². The van der Waals surface area contributed by atoms with Crippen LogP contribution in [0.25, 0.3) is 32.7 Å². The van der Waals surface area contributed by atoms with Crippen molar-refractivity contribution in [3.63, 3.8) is 0 Å². The summed E-state index contributed by atoms with van der Waals surface area (Å²) in [7, 11) is 0. The third-order valence-electron chi connectivity index (χ3n) is 17.9. The van der Waals surface area contributed by atoms with Crippen LogP contribution in [-0.2, 0) is 27.3 Å². The van der Waals surface area contributed by atoms with Crippen LogP contribution in [0, 0.1) is 39.8 Å². The summed E-state index contributed by atoms with van der Waals surface area (Å²) < 4.78 is 30.5.